The van der Waals surface area contributed by atoms with Crippen LogP contribution in [0.4, 0.5) is 0 Å². The second-order valence-corrected chi connectivity index (χ2v) is 15.1. The van der Waals surface area contributed by atoms with E-state index in [0.717, 1.165) is 37.3 Å². The molecule has 50 heavy (non-hydrogen) atoms. The Balaban J connectivity index is 1.84. The molecule has 0 radical (unpaired) electrons. The molecule has 6 N–H and O–H groups in total. The number of rotatable bonds is 22. The Bertz CT molecular complexity index is 1060. The van der Waals surface area contributed by atoms with Crippen LogP contribution in [0.25, 0.3) is 0 Å². The van der Waals surface area contributed by atoms with Crippen LogP contribution >= 0.6 is 0 Å². The Morgan fingerprint density at radius 3 is 2.22 bits per heavy atom. The van der Waals surface area contributed by atoms with Gasteiger partial charge in [0.15, 0.2) is 0 Å². The summed E-state index contributed by atoms with van der Waals surface area (Å²) in [5.41, 5.74) is 0.753. The summed E-state index contributed by atoms with van der Waals surface area (Å²) in [5.74, 6) is -2.50. The van der Waals surface area contributed by atoms with Crippen molar-refractivity contribution < 1.29 is 54.4 Å². The van der Waals surface area contributed by atoms with E-state index in [1.807, 2.05) is 26.0 Å². The van der Waals surface area contributed by atoms with Gasteiger partial charge < -0.3 is 49.6 Å². The van der Waals surface area contributed by atoms with Gasteiger partial charge in [-0.3, -0.25) is 0 Å². The quantitative estimate of drug-likeness (QED) is 0.0527. The lowest BCUT2D eigenvalue weighted by Gasteiger charge is -2.37. The lowest BCUT2D eigenvalue weighted by atomic mass is 9.79. The van der Waals surface area contributed by atoms with Crippen LogP contribution in [0.5, 0.6) is 0 Å². The van der Waals surface area contributed by atoms with E-state index in [2.05, 4.69) is 6.92 Å². The summed E-state index contributed by atoms with van der Waals surface area (Å²) in [6.45, 7) is 11.2. The second-order valence-electron chi connectivity index (χ2n) is 15.1. The number of hydrogen-bond acceptors (Lipinski definition) is 10. The van der Waals surface area contributed by atoms with Gasteiger partial charge in [-0.15, -0.1) is 0 Å². The van der Waals surface area contributed by atoms with Gasteiger partial charge in [0, 0.05) is 50.9 Å². The van der Waals surface area contributed by atoms with E-state index in [1.165, 1.54) is 6.08 Å². The molecule has 11 nitrogen and oxygen atoms in total. The third-order valence-electron chi connectivity index (χ3n) is 10.9. The molecule has 2 rings (SSSR count). The maximum Gasteiger partial charge on any atom is 0.328 e. The molecule has 0 amide bonds. The average Bonchev–Trinajstić information content (AvgIpc) is 3.09. The number of carboxylic acids is 1. The molecule has 0 spiro atoms. The summed E-state index contributed by atoms with van der Waals surface area (Å²) in [6.07, 6.45) is 8.81. The Morgan fingerprint density at radius 2 is 1.58 bits per heavy atom. The first-order valence-electron chi connectivity index (χ1n) is 18.6. The molecule has 2 aliphatic heterocycles. The Labute approximate surface area is 300 Å². The average molecular weight is 713 g/mol. The number of aliphatic hydroxyl groups is 5. The van der Waals surface area contributed by atoms with Crippen molar-refractivity contribution in [3.8, 4) is 0 Å². The summed E-state index contributed by atoms with van der Waals surface area (Å²) < 4.78 is 23.7. The van der Waals surface area contributed by atoms with E-state index in [0.29, 0.717) is 25.7 Å². The molecule has 11 heteroatoms. The summed E-state index contributed by atoms with van der Waals surface area (Å²) in [5, 5.41) is 63.8. The molecule has 290 valence electrons. The van der Waals surface area contributed by atoms with Gasteiger partial charge in [-0.05, 0) is 64.7 Å². The molecule has 0 aliphatic carbocycles. The van der Waals surface area contributed by atoms with Crippen molar-refractivity contribution in [3.63, 3.8) is 0 Å². The highest BCUT2D eigenvalue weighted by molar-refractivity contribution is 5.80. The predicted molar refractivity (Wildman–Crippen MR) is 193 cm³/mol. The van der Waals surface area contributed by atoms with Gasteiger partial charge in [0.2, 0.25) is 0 Å². The normalized spacial score (nSPS) is 29.5. The van der Waals surface area contributed by atoms with Crippen LogP contribution in [0.2, 0.25) is 0 Å². The Hall–Kier alpha value is -1.67. The SMILES string of the molecule is CO[C@H]1C[C@H](CC[C@H](C)[C@H](O)[C@H](C)[C@@H](O)[C@@H](C)[C@H](O)C[C@H](O)[C@@H](C)[C@@H](C[C@@H]2CC=C[C@H](C[C@@H](O)C/C=C(C)/C=C/C(=O)O)O2)OC)O[C@@H](C)C1. The number of aliphatic carboxylic acids is 1. The summed E-state index contributed by atoms with van der Waals surface area (Å²) in [4.78, 5) is 10.7. The maximum absolute atomic E-state index is 11.2. The molecule has 2 aliphatic rings. The molecule has 0 unspecified atom stereocenters. The first-order chi connectivity index (χ1) is 23.6. The van der Waals surface area contributed by atoms with E-state index in [9.17, 15) is 30.3 Å². The maximum atomic E-state index is 11.2. The van der Waals surface area contributed by atoms with Crippen molar-refractivity contribution in [1.82, 2.24) is 0 Å². The van der Waals surface area contributed by atoms with Crippen LogP contribution in [-0.4, -0.2) is 118 Å². The van der Waals surface area contributed by atoms with Crippen LogP contribution in [0.1, 0.15) is 99.3 Å². The highest BCUT2D eigenvalue weighted by atomic mass is 16.5. The van der Waals surface area contributed by atoms with Crippen molar-refractivity contribution in [3.05, 3.63) is 36.0 Å². The van der Waals surface area contributed by atoms with Gasteiger partial charge >= 0.3 is 5.97 Å². The van der Waals surface area contributed by atoms with Crippen molar-refractivity contribution >= 4 is 5.97 Å². The van der Waals surface area contributed by atoms with Crippen LogP contribution in [0, 0.1) is 23.7 Å². The smallest absolute Gasteiger partial charge is 0.328 e. The molecule has 0 aromatic rings. The number of ether oxygens (including phenoxy) is 4. The monoisotopic (exact) mass is 712 g/mol. The van der Waals surface area contributed by atoms with Crippen LogP contribution < -0.4 is 0 Å². The van der Waals surface area contributed by atoms with E-state index in [-0.39, 0.29) is 54.9 Å². The number of hydrogen-bond donors (Lipinski definition) is 6. The highest BCUT2D eigenvalue weighted by Crippen LogP contribution is 2.31. The van der Waals surface area contributed by atoms with Crippen molar-refractivity contribution in [2.75, 3.05) is 14.2 Å². The largest absolute Gasteiger partial charge is 0.478 e. The summed E-state index contributed by atoms with van der Waals surface area (Å²) >= 11 is 0. The fourth-order valence-electron chi connectivity index (χ4n) is 7.31. The lowest BCUT2D eigenvalue weighted by molar-refractivity contribution is -0.131. The molecule has 0 saturated carbocycles. The van der Waals surface area contributed by atoms with Gasteiger partial charge in [0.25, 0.3) is 0 Å². The predicted octanol–water partition coefficient (Wildman–Crippen LogP) is 4.57. The lowest BCUT2D eigenvalue weighted by Crippen LogP contribution is -2.43. The number of carboxylic acid groups (broad SMARTS) is 1. The van der Waals surface area contributed by atoms with Crippen molar-refractivity contribution in [2.45, 2.75) is 166 Å². The number of methoxy groups -OCH3 is 2. The second kappa shape index (κ2) is 22.4. The third-order valence-corrected chi connectivity index (χ3v) is 10.9. The van der Waals surface area contributed by atoms with Gasteiger partial charge in [-0.2, -0.15) is 0 Å². The van der Waals surface area contributed by atoms with Crippen LogP contribution in [0.3, 0.4) is 0 Å². The van der Waals surface area contributed by atoms with E-state index < -0.39 is 48.3 Å². The molecule has 1 fully saturated rings. The fraction of sp³-hybridized carbons (Fsp3) is 0.821. The van der Waals surface area contributed by atoms with Gasteiger partial charge in [-0.1, -0.05) is 57.6 Å². The van der Waals surface area contributed by atoms with Gasteiger partial charge in [0.1, 0.15) is 0 Å². The van der Waals surface area contributed by atoms with Crippen LogP contribution in [-0.2, 0) is 23.7 Å². The van der Waals surface area contributed by atoms with Gasteiger partial charge in [0.05, 0.1) is 67.1 Å². The topological polar surface area (TPSA) is 175 Å². The minimum absolute atomic E-state index is 0.0460. The third kappa shape index (κ3) is 15.1. The van der Waals surface area contributed by atoms with Gasteiger partial charge in [-0.25, -0.2) is 4.79 Å². The minimum Gasteiger partial charge on any atom is -0.478 e. The zero-order valence-corrected chi connectivity index (χ0v) is 31.6. The molecule has 2 heterocycles. The Kier molecular flexibility index (Phi) is 19.9. The molecular formula is C39H68O11. The zero-order chi connectivity index (χ0) is 37.5. The van der Waals surface area contributed by atoms with E-state index in [1.54, 1.807) is 41.1 Å². The molecule has 15 atom stereocenters. The molecule has 0 bridgehead atoms. The van der Waals surface area contributed by atoms with E-state index >= 15 is 0 Å². The zero-order valence-electron chi connectivity index (χ0n) is 31.6. The van der Waals surface area contributed by atoms with Crippen LogP contribution in [0.15, 0.2) is 36.0 Å². The van der Waals surface area contributed by atoms with Crippen molar-refractivity contribution in [1.29, 1.82) is 0 Å². The fourth-order valence-corrected chi connectivity index (χ4v) is 7.31. The molecular weight excluding hydrogens is 644 g/mol. The molecule has 1 saturated heterocycles. The number of carbonyl (C=O) groups is 1. The molecule has 0 aromatic heterocycles. The van der Waals surface area contributed by atoms with Crippen molar-refractivity contribution in [2.24, 2.45) is 23.7 Å². The Morgan fingerprint density at radius 1 is 0.900 bits per heavy atom. The standard InChI is InChI=1S/C39H68O11/c1-23(13-17-37(43)44)12-15-29(40)19-30-10-9-11-31(50-30)21-36(48-8)26(4)34(41)22-35(42)27(5)39(46)28(6)38(45)24(2)14-16-32-20-33(47-7)18-25(3)49-32/h9-10,12-13,17,24-36,38-42,45-46H,11,14-16,18-22H2,1-8H3,(H,43,44)/b17-13+,23-12+/t24-,25-,26+,27-,28-,29-,30+,31-,32-,33+,34-,35+,36+,38-,39-/m0/s1. The van der Waals surface area contributed by atoms with E-state index in [4.69, 9.17) is 24.1 Å². The highest BCUT2D eigenvalue weighted by Gasteiger charge is 2.37. The number of allylic oxidation sites excluding steroid dienone is 2. The minimum atomic E-state index is -1.02. The summed E-state index contributed by atoms with van der Waals surface area (Å²) in [6, 6.07) is 0. The molecule has 0 aromatic carbocycles. The first kappa shape index (κ1) is 44.5. The first-order valence-corrected chi connectivity index (χ1v) is 18.6. The number of aliphatic hydroxyl groups excluding tert-OH is 5. The summed E-state index contributed by atoms with van der Waals surface area (Å²) in [7, 11) is 3.32.